The van der Waals surface area contributed by atoms with E-state index in [-0.39, 0.29) is 11.2 Å². The maximum Gasteiger partial charge on any atom is 0.167 e. The number of benzene rings is 3. The largest absolute Gasteiger partial charge is 0.294 e. The Kier molecular flexibility index (Phi) is 5.41. The summed E-state index contributed by atoms with van der Waals surface area (Å²) in [6.45, 7) is 6.62. The molecule has 148 valence electrons. The van der Waals surface area contributed by atoms with Crippen LogP contribution in [0.1, 0.15) is 72.1 Å². The summed E-state index contributed by atoms with van der Waals surface area (Å²) < 4.78 is 0. The Morgan fingerprint density at radius 2 is 1.45 bits per heavy atom. The Hall–Kier alpha value is -2.67. The first-order valence-electron chi connectivity index (χ1n) is 10.9. The molecule has 0 aromatic heterocycles. The van der Waals surface area contributed by atoms with Crippen molar-refractivity contribution in [1.82, 2.24) is 0 Å². The van der Waals surface area contributed by atoms with Crippen molar-refractivity contribution in [2.75, 3.05) is 0 Å². The number of carbonyl (C=O) groups is 1. The predicted octanol–water partition coefficient (Wildman–Crippen LogP) is 7.29. The molecule has 1 aliphatic carbocycles. The van der Waals surface area contributed by atoms with Crippen LogP contribution in [0.5, 0.6) is 0 Å². The average molecular weight is 383 g/mol. The van der Waals surface area contributed by atoms with Crippen molar-refractivity contribution in [3.05, 3.63) is 94.5 Å². The molecule has 3 aromatic carbocycles. The topological polar surface area (TPSA) is 17.1 Å². The van der Waals surface area contributed by atoms with Crippen molar-refractivity contribution in [1.29, 1.82) is 0 Å². The maximum atomic E-state index is 13.2. The average Bonchev–Trinajstić information content (AvgIpc) is 3.00. The first kappa shape index (κ1) is 19.6. The van der Waals surface area contributed by atoms with E-state index < -0.39 is 0 Å². The molecule has 0 aliphatic heterocycles. The lowest BCUT2D eigenvalue weighted by molar-refractivity contribution is 0.0992. The highest BCUT2D eigenvalue weighted by Crippen LogP contribution is 2.53. The van der Waals surface area contributed by atoms with Gasteiger partial charge in [-0.2, -0.15) is 0 Å². The SMILES string of the molecule is CCCC1(CCC)c2ccccc2-c2ccc(C(=O)Cc3ccccc3C)cc21. The number of fused-ring (bicyclic) bond motifs is 3. The molecule has 0 N–H and O–H groups in total. The number of ketones is 1. The normalized spacial score (nSPS) is 13.8. The molecule has 0 unspecified atom stereocenters. The van der Waals surface area contributed by atoms with Gasteiger partial charge in [0.1, 0.15) is 0 Å². The minimum absolute atomic E-state index is 0.0361. The van der Waals surface area contributed by atoms with E-state index in [0.717, 1.165) is 36.8 Å². The van der Waals surface area contributed by atoms with Gasteiger partial charge in [0.25, 0.3) is 0 Å². The standard InChI is InChI=1S/C28H30O/c1-4-16-28(17-5-2)25-13-9-8-12-23(25)24-15-14-22(18-26(24)28)27(29)19-21-11-7-6-10-20(21)3/h6-15,18H,4-5,16-17,19H2,1-3H3. The number of carbonyl (C=O) groups excluding carboxylic acids is 1. The fraction of sp³-hybridized carbons (Fsp3) is 0.321. The first-order valence-corrected chi connectivity index (χ1v) is 10.9. The van der Waals surface area contributed by atoms with Gasteiger partial charge in [0.15, 0.2) is 5.78 Å². The third-order valence-corrected chi connectivity index (χ3v) is 6.56. The first-order chi connectivity index (χ1) is 14.1. The molecular formula is C28H30O. The predicted molar refractivity (Wildman–Crippen MR) is 122 cm³/mol. The Morgan fingerprint density at radius 3 is 2.17 bits per heavy atom. The monoisotopic (exact) mass is 382 g/mol. The van der Waals surface area contributed by atoms with Gasteiger partial charge in [-0.25, -0.2) is 0 Å². The van der Waals surface area contributed by atoms with E-state index in [1.807, 2.05) is 18.2 Å². The zero-order valence-electron chi connectivity index (χ0n) is 17.8. The minimum Gasteiger partial charge on any atom is -0.294 e. The molecule has 0 bridgehead atoms. The zero-order valence-corrected chi connectivity index (χ0v) is 17.8. The van der Waals surface area contributed by atoms with Gasteiger partial charge >= 0.3 is 0 Å². The quantitative estimate of drug-likeness (QED) is 0.392. The number of hydrogen-bond donors (Lipinski definition) is 0. The molecular weight excluding hydrogens is 352 g/mol. The second-order valence-corrected chi connectivity index (χ2v) is 8.41. The van der Waals surface area contributed by atoms with Crippen molar-refractivity contribution < 1.29 is 4.79 Å². The summed E-state index contributed by atoms with van der Waals surface area (Å²) in [5.74, 6) is 0.208. The maximum absolute atomic E-state index is 13.2. The molecule has 0 spiro atoms. The lowest BCUT2D eigenvalue weighted by Gasteiger charge is -2.32. The van der Waals surface area contributed by atoms with Crippen molar-refractivity contribution in [3.8, 4) is 11.1 Å². The number of Topliss-reactive ketones (excluding diaryl/α,β-unsaturated/α-hetero) is 1. The lowest BCUT2D eigenvalue weighted by Crippen LogP contribution is -2.25. The van der Waals surface area contributed by atoms with Crippen molar-refractivity contribution in [2.45, 2.75) is 58.3 Å². The summed E-state index contributed by atoms with van der Waals surface area (Å²) in [7, 11) is 0. The van der Waals surface area contributed by atoms with Crippen LogP contribution in [-0.2, 0) is 11.8 Å². The molecule has 1 nitrogen and oxygen atoms in total. The van der Waals surface area contributed by atoms with Crippen LogP contribution in [0.3, 0.4) is 0 Å². The number of rotatable bonds is 7. The molecule has 1 aliphatic rings. The van der Waals surface area contributed by atoms with Crippen LogP contribution < -0.4 is 0 Å². The van der Waals surface area contributed by atoms with Crippen LogP contribution in [0.15, 0.2) is 66.7 Å². The van der Waals surface area contributed by atoms with Gasteiger partial charge in [0.2, 0.25) is 0 Å². The van der Waals surface area contributed by atoms with Crippen LogP contribution in [0.25, 0.3) is 11.1 Å². The van der Waals surface area contributed by atoms with Crippen LogP contribution in [-0.4, -0.2) is 5.78 Å². The lowest BCUT2D eigenvalue weighted by atomic mass is 9.71. The fourth-order valence-electron chi connectivity index (χ4n) is 5.23. The van der Waals surface area contributed by atoms with Gasteiger partial charge in [-0.3, -0.25) is 4.79 Å². The second-order valence-electron chi connectivity index (χ2n) is 8.41. The van der Waals surface area contributed by atoms with Gasteiger partial charge in [-0.1, -0.05) is 87.4 Å². The molecule has 0 fully saturated rings. The van der Waals surface area contributed by atoms with E-state index in [1.165, 1.54) is 27.8 Å². The van der Waals surface area contributed by atoms with Gasteiger partial charge in [-0.05, 0) is 59.2 Å². The molecule has 29 heavy (non-hydrogen) atoms. The summed E-state index contributed by atoms with van der Waals surface area (Å²) in [6, 6.07) is 23.5. The summed E-state index contributed by atoms with van der Waals surface area (Å²) in [6.07, 6.45) is 4.98. The second kappa shape index (κ2) is 7.99. The molecule has 0 amide bonds. The summed E-state index contributed by atoms with van der Waals surface area (Å²) >= 11 is 0. The third kappa shape index (κ3) is 3.33. The minimum atomic E-state index is 0.0361. The molecule has 0 heterocycles. The molecule has 0 saturated carbocycles. The van der Waals surface area contributed by atoms with Gasteiger partial charge in [0.05, 0.1) is 0 Å². The van der Waals surface area contributed by atoms with Gasteiger partial charge < -0.3 is 0 Å². The Bertz CT molecular complexity index is 1040. The highest BCUT2D eigenvalue weighted by atomic mass is 16.1. The van der Waals surface area contributed by atoms with Crippen LogP contribution in [0, 0.1) is 6.92 Å². The zero-order chi connectivity index (χ0) is 20.4. The number of aryl methyl sites for hydroxylation is 1. The summed E-state index contributed by atoms with van der Waals surface area (Å²) in [5, 5.41) is 0. The van der Waals surface area contributed by atoms with Crippen LogP contribution >= 0.6 is 0 Å². The van der Waals surface area contributed by atoms with Gasteiger partial charge in [0, 0.05) is 17.4 Å². The third-order valence-electron chi connectivity index (χ3n) is 6.56. The van der Waals surface area contributed by atoms with Gasteiger partial charge in [-0.15, -0.1) is 0 Å². The van der Waals surface area contributed by atoms with Crippen molar-refractivity contribution >= 4 is 5.78 Å². The Morgan fingerprint density at radius 1 is 0.793 bits per heavy atom. The molecule has 1 heteroatoms. The Labute approximate surface area is 174 Å². The summed E-state index contributed by atoms with van der Waals surface area (Å²) in [5.41, 5.74) is 8.65. The highest BCUT2D eigenvalue weighted by molar-refractivity contribution is 5.99. The highest BCUT2D eigenvalue weighted by Gasteiger charge is 2.41. The summed E-state index contributed by atoms with van der Waals surface area (Å²) in [4.78, 5) is 13.2. The van der Waals surface area contributed by atoms with E-state index in [1.54, 1.807) is 0 Å². The molecule has 4 rings (SSSR count). The van der Waals surface area contributed by atoms with E-state index >= 15 is 0 Å². The smallest absolute Gasteiger partial charge is 0.167 e. The van der Waals surface area contributed by atoms with E-state index in [4.69, 9.17) is 0 Å². The Balaban J connectivity index is 1.79. The molecule has 0 saturated heterocycles. The van der Waals surface area contributed by atoms with E-state index in [0.29, 0.717) is 6.42 Å². The fourth-order valence-corrected chi connectivity index (χ4v) is 5.23. The number of hydrogen-bond acceptors (Lipinski definition) is 1. The van der Waals surface area contributed by atoms with E-state index in [9.17, 15) is 4.79 Å². The molecule has 0 radical (unpaired) electrons. The van der Waals surface area contributed by atoms with Crippen LogP contribution in [0.2, 0.25) is 0 Å². The molecule has 3 aromatic rings. The molecule has 0 atom stereocenters. The van der Waals surface area contributed by atoms with Crippen molar-refractivity contribution in [2.24, 2.45) is 0 Å². The van der Waals surface area contributed by atoms with E-state index in [2.05, 4.69) is 69.3 Å². The van der Waals surface area contributed by atoms with Crippen LogP contribution in [0.4, 0.5) is 0 Å². The van der Waals surface area contributed by atoms with Crippen molar-refractivity contribution in [3.63, 3.8) is 0 Å².